The smallest absolute Gasteiger partial charge is 0.0465 e. The van der Waals surface area contributed by atoms with Gasteiger partial charge in [-0.15, -0.1) is 0 Å². The molecular weight excluding hydrogens is 435 g/mol. The summed E-state index contributed by atoms with van der Waals surface area (Å²) < 4.78 is 4.13. The maximum Gasteiger partial charge on any atom is -0.0465 e. The van der Waals surface area contributed by atoms with Crippen molar-refractivity contribution in [3.8, 4) is 0 Å². The first kappa shape index (κ1) is 24.8. The number of rotatable bonds is 1. The van der Waals surface area contributed by atoms with E-state index >= 15 is 0 Å². The Labute approximate surface area is 154 Å². The van der Waals surface area contributed by atoms with Crippen LogP contribution < -0.4 is 0 Å². The second-order valence-electron chi connectivity index (χ2n) is 6.92. The van der Waals surface area contributed by atoms with E-state index < -0.39 is 0 Å². The summed E-state index contributed by atoms with van der Waals surface area (Å²) in [7, 11) is 0. The third-order valence-corrected chi connectivity index (χ3v) is 5.91. The standard InChI is InChI=1S/C8H15.C6H11.C4H9N.C2H5.Ta/c1-2-8-6-4-3-5-7-8;1-2-4-6-5-3-1;1-4(2,3)5;1-2;/h3,8H,2,4-7H2,1H3;1H,2-6H2;1-3H3;1H2,2H3;/q2*-1;;-1;. The Morgan fingerprint density at radius 3 is 1.55 bits per heavy atom. The van der Waals surface area contributed by atoms with Gasteiger partial charge in [-0.25, -0.2) is 0 Å². The third kappa shape index (κ3) is 20.5. The molecule has 0 heterocycles. The summed E-state index contributed by atoms with van der Waals surface area (Å²) in [6.07, 6.45) is 19.0. The van der Waals surface area contributed by atoms with Crippen molar-refractivity contribution < 1.29 is 20.9 Å². The predicted molar refractivity (Wildman–Crippen MR) is 97.1 cm³/mol. The average molecular weight is 475 g/mol. The molecule has 0 N–H and O–H groups in total. The third-order valence-electron chi connectivity index (χ3n) is 3.75. The fourth-order valence-corrected chi connectivity index (χ4v) is 2.30. The summed E-state index contributed by atoms with van der Waals surface area (Å²) in [5.41, 5.74) is 0.216. The zero-order valence-corrected chi connectivity index (χ0v) is 19.1. The minimum absolute atomic E-state index is 0.216. The van der Waals surface area contributed by atoms with Crippen LogP contribution in [0, 0.1) is 25.7 Å². The summed E-state index contributed by atoms with van der Waals surface area (Å²) >= 11 is 1.15. The molecule has 0 spiro atoms. The van der Waals surface area contributed by atoms with Gasteiger partial charge in [0.15, 0.2) is 0 Å². The van der Waals surface area contributed by atoms with Crippen molar-refractivity contribution in [1.29, 1.82) is 0 Å². The van der Waals surface area contributed by atoms with Gasteiger partial charge in [-0.1, -0.05) is 45.4 Å². The molecule has 2 saturated carbocycles. The maximum absolute atomic E-state index is 4.13. The molecule has 0 aromatic carbocycles. The second kappa shape index (κ2) is 17.9. The van der Waals surface area contributed by atoms with E-state index in [0.717, 1.165) is 26.8 Å². The van der Waals surface area contributed by atoms with Gasteiger partial charge in [0.1, 0.15) is 0 Å². The van der Waals surface area contributed by atoms with Gasteiger partial charge in [-0.05, 0) is 5.92 Å². The Bertz CT molecular complexity index is 199. The Kier molecular flexibility index (Phi) is 20.2. The number of hydrogen-bond acceptors (Lipinski definition) is 1. The van der Waals surface area contributed by atoms with E-state index in [1.54, 1.807) is 6.92 Å². The van der Waals surface area contributed by atoms with E-state index in [4.69, 9.17) is 0 Å². The first-order valence-corrected chi connectivity index (χ1v) is 10.6. The van der Waals surface area contributed by atoms with E-state index in [9.17, 15) is 0 Å². The molecule has 0 atom stereocenters. The summed E-state index contributed by atoms with van der Waals surface area (Å²) in [6, 6.07) is 0. The SMILES string of the molecule is CC(C)(C)[N]=[Ta].CCC1CC[CH-]CC1.[CH-]1CCCCC1.[CH2-]C. The molecule has 133 valence electrons. The Balaban J connectivity index is 0. The van der Waals surface area contributed by atoms with Crippen LogP contribution in [0.2, 0.25) is 0 Å². The minimum atomic E-state index is 0.216. The van der Waals surface area contributed by atoms with Crippen molar-refractivity contribution in [3.05, 3.63) is 19.8 Å². The molecule has 2 aliphatic rings. The monoisotopic (exact) mass is 475 g/mol. The van der Waals surface area contributed by atoms with E-state index in [-0.39, 0.29) is 5.54 Å². The van der Waals surface area contributed by atoms with Crippen LogP contribution >= 0.6 is 0 Å². The average Bonchev–Trinajstić information content (AvgIpc) is 2.59. The largest absolute Gasteiger partial charge is 0.346 e. The first-order valence-electron chi connectivity index (χ1n) is 9.20. The second-order valence-corrected chi connectivity index (χ2v) is 7.63. The van der Waals surface area contributed by atoms with Gasteiger partial charge in [-0.2, -0.15) is 32.6 Å². The molecule has 0 radical (unpaired) electrons. The normalized spacial score (nSPS) is 18.4. The predicted octanol–water partition coefficient (Wildman–Crippen LogP) is 7.30. The summed E-state index contributed by atoms with van der Waals surface area (Å²) in [4.78, 5) is 0. The van der Waals surface area contributed by atoms with Crippen LogP contribution in [0.3, 0.4) is 0 Å². The summed E-state index contributed by atoms with van der Waals surface area (Å²) in [5, 5.41) is 0. The van der Waals surface area contributed by atoms with E-state index in [2.05, 4.69) is 50.8 Å². The van der Waals surface area contributed by atoms with Gasteiger partial charge in [0.25, 0.3) is 0 Å². The maximum atomic E-state index is 4.13. The summed E-state index contributed by atoms with van der Waals surface area (Å²) in [6.45, 7) is 13.6. The van der Waals surface area contributed by atoms with Crippen LogP contribution in [-0.2, 0) is 20.9 Å². The molecule has 0 aromatic heterocycles. The van der Waals surface area contributed by atoms with Crippen LogP contribution in [0.4, 0.5) is 0 Å². The number of hydrogen-bond donors (Lipinski definition) is 0. The van der Waals surface area contributed by atoms with Crippen molar-refractivity contribution >= 4 is 0 Å². The van der Waals surface area contributed by atoms with Crippen LogP contribution in [0.25, 0.3) is 0 Å². The van der Waals surface area contributed by atoms with Gasteiger partial charge in [0, 0.05) is 0 Å². The molecule has 0 aromatic rings. The minimum Gasteiger partial charge on any atom is -0.346 e. The quantitative estimate of drug-likeness (QED) is 0.353. The van der Waals surface area contributed by atoms with Gasteiger partial charge in [-0.3, -0.25) is 0 Å². The van der Waals surface area contributed by atoms with E-state index in [0.29, 0.717) is 0 Å². The molecule has 0 saturated heterocycles. The molecule has 0 unspecified atom stereocenters. The molecule has 0 aliphatic heterocycles. The van der Waals surface area contributed by atoms with Crippen LogP contribution in [0.5, 0.6) is 0 Å². The number of nitrogens with zero attached hydrogens (tertiary/aromatic N) is 1. The molecule has 0 amide bonds. The molecular formula is C20H40NTa-3. The fraction of sp³-hybridized carbons (Fsp3) is 0.850. The van der Waals surface area contributed by atoms with Crippen LogP contribution in [0.1, 0.15) is 98.8 Å². The molecule has 2 heteroatoms. The molecule has 22 heavy (non-hydrogen) atoms. The van der Waals surface area contributed by atoms with Crippen molar-refractivity contribution in [2.75, 3.05) is 0 Å². The van der Waals surface area contributed by atoms with Gasteiger partial charge >= 0.3 is 50.5 Å². The summed E-state index contributed by atoms with van der Waals surface area (Å²) in [5.74, 6) is 1.06. The van der Waals surface area contributed by atoms with Gasteiger partial charge < -0.3 is 19.8 Å². The zero-order chi connectivity index (χ0) is 17.3. The Morgan fingerprint density at radius 1 is 0.955 bits per heavy atom. The Morgan fingerprint density at radius 2 is 1.36 bits per heavy atom. The van der Waals surface area contributed by atoms with E-state index in [1.807, 2.05) is 0 Å². The van der Waals surface area contributed by atoms with Crippen molar-refractivity contribution in [2.24, 2.45) is 9.26 Å². The topological polar surface area (TPSA) is 12.4 Å². The zero-order valence-electron chi connectivity index (χ0n) is 15.9. The van der Waals surface area contributed by atoms with Crippen molar-refractivity contribution in [1.82, 2.24) is 0 Å². The van der Waals surface area contributed by atoms with Crippen molar-refractivity contribution in [3.63, 3.8) is 0 Å². The molecule has 2 fully saturated rings. The van der Waals surface area contributed by atoms with Crippen LogP contribution in [0.15, 0.2) is 3.34 Å². The fourth-order valence-electron chi connectivity index (χ4n) is 2.30. The van der Waals surface area contributed by atoms with Crippen molar-refractivity contribution in [2.45, 2.75) is 104 Å². The Hall–Kier alpha value is 0.540. The van der Waals surface area contributed by atoms with E-state index in [1.165, 1.54) is 64.2 Å². The first-order chi connectivity index (χ1) is 10.5. The van der Waals surface area contributed by atoms with Crippen LogP contribution in [-0.4, -0.2) is 5.54 Å². The molecule has 0 bridgehead atoms. The molecule has 1 nitrogen and oxygen atoms in total. The van der Waals surface area contributed by atoms with Gasteiger partial charge in [0.2, 0.25) is 0 Å². The van der Waals surface area contributed by atoms with Gasteiger partial charge in [0.05, 0.1) is 0 Å². The molecule has 2 aliphatic carbocycles. The molecule has 2 rings (SSSR count).